The summed E-state index contributed by atoms with van der Waals surface area (Å²) < 4.78 is 8.68. The van der Waals surface area contributed by atoms with E-state index in [9.17, 15) is 0 Å². The Labute approximate surface area is 183 Å². The second kappa shape index (κ2) is 10.5. The molecule has 0 fully saturated rings. The summed E-state index contributed by atoms with van der Waals surface area (Å²) in [5.74, 6) is 3.19. The number of hydrogen-bond donors (Lipinski definition) is 2. The van der Waals surface area contributed by atoms with Crippen molar-refractivity contribution >= 4 is 45.9 Å². The molecule has 3 aromatic rings. The average Bonchev–Trinajstić information content (AvgIpc) is 3.27. The number of aryl methyl sites for hydroxylation is 1. The van der Waals surface area contributed by atoms with Gasteiger partial charge in [-0.15, -0.1) is 24.0 Å². The van der Waals surface area contributed by atoms with Crippen molar-refractivity contribution in [1.82, 2.24) is 25.4 Å². The van der Waals surface area contributed by atoms with Crippen LogP contribution in [0.3, 0.4) is 0 Å². The maximum atomic E-state index is 5.92. The molecule has 144 valence electrons. The summed E-state index contributed by atoms with van der Waals surface area (Å²) in [6, 6.07) is 12.0. The average molecular weight is 545 g/mol. The fourth-order valence-electron chi connectivity index (χ4n) is 2.37. The van der Waals surface area contributed by atoms with Gasteiger partial charge in [0.1, 0.15) is 30.2 Å². The number of furan rings is 1. The molecular weight excluding hydrogens is 523 g/mol. The highest BCUT2D eigenvalue weighted by atomic mass is 127. The molecular formula is C18H22BrIN6O. The predicted molar refractivity (Wildman–Crippen MR) is 120 cm³/mol. The van der Waals surface area contributed by atoms with Gasteiger partial charge in [-0.1, -0.05) is 28.1 Å². The molecule has 3 rings (SSSR count). The van der Waals surface area contributed by atoms with Crippen LogP contribution in [0.5, 0.6) is 0 Å². The van der Waals surface area contributed by atoms with Crippen LogP contribution in [0.15, 0.2) is 56.6 Å². The molecule has 0 radical (unpaired) electrons. The third-order valence-corrected chi connectivity index (χ3v) is 4.28. The van der Waals surface area contributed by atoms with Crippen molar-refractivity contribution in [3.05, 3.63) is 58.8 Å². The van der Waals surface area contributed by atoms with E-state index in [-0.39, 0.29) is 24.0 Å². The zero-order valence-electron chi connectivity index (χ0n) is 15.1. The van der Waals surface area contributed by atoms with Crippen LogP contribution in [-0.2, 0) is 20.1 Å². The van der Waals surface area contributed by atoms with E-state index in [4.69, 9.17) is 4.42 Å². The molecule has 7 nitrogen and oxygen atoms in total. The van der Waals surface area contributed by atoms with Gasteiger partial charge in [0.2, 0.25) is 0 Å². The SMILES string of the molecule is CCNC(=NCc1ncnn1C)NCc1ccc(-c2ccc(Br)cc2)o1.I. The van der Waals surface area contributed by atoms with Crippen LogP contribution in [0, 0.1) is 0 Å². The number of hydrogen-bond acceptors (Lipinski definition) is 4. The molecule has 0 spiro atoms. The third kappa shape index (κ3) is 6.06. The fourth-order valence-corrected chi connectivity index (χ4v) is 2.63. The summed E-state index contributed by atoms with van der Waals surface area (Å²) in [6.07, 6.45) is 1.53. The van der Waals surface area contributed by atoms with Crippen LogP contribution in [0.25, 0.3) is 11.3 Å². The molecule has 0 saturated carbocycles. The number of guanidine groups is 1. The van der Waals surface area contributed by atoms with Gasteiger partial charge in [0.15, 0.2) is 5.96 Å². The third-order valence-electron chi connectivity index (χ3n) is 3.75. The van der Waals surface area contributed by atoms with Crippen molar-refractivity contribution in [2.75, 3.05) is 6.54 Å². The lowest BCUT2D eigenvalue weighted by Crippen LogP contribution is -2.36. The van der Waals surface area contributed by atoms with Crippen LogP contribution in [-0.4, -0.2) is 27.3 Å². The van der Waals surface area contributed by atoms with Crippen molar-refractivity contribution in [1.29, 1.82) is 0 Å². The molecule has 1 aromatic carbocycles. The minimum absolute atomic E-state index is 0. The van der Waals surface area contributed by atoms with Crippen molar-refractivity contribution in [2.24, 2.45) is 12.0 Å². The molecule has 0 saturated heterocycles. The van der Waals surface area contributed by atoms with E-state index in [1.54, 1.807) is 4.68 Å². The highest BCUT2D eigenvalue weighted by Crippen LogP contribution is 2.23. The molecule has 2 N–H and O–H groups in total. The molecule has 0 aliphatic heterocycles. The second-order valence-electron chi connectivity index (χ2n) is 5.62. The topological polar surface area (TPSA) is 80.3 Å². The molecule has 0 aliphatic rings. The first kappa shape index (κ1) is 21.4. The van der Waals surface area contributed by atoms with E-state index in [2.05, 4.69) is 41.6 Å². The van der Waals surface area contributed by atoms with Gasteiger partial charge in [0, 0.05) is 23.6 Å². The van der Waals surface area contributed by atoms with Gasteiger partial charge in [0.05, 0.1) is 6.54 Å². The number of aromatic nitrogens is 3. The van der Waals surface area contributed by atoms with Gasteiger partial charge in [-0.2, -0.15) is 5.10 Å². The number of nitrogens with zero attached hydrogens (tertiary/aromatic N) is 4. The Morgan fingerprint density at radius 1 is 1.19 bits per heavy atom. The Hall–Kier alpha value is -1.88. The highest BCUT2D eigenvalue weighted by Gasteiger charge is 2.06. The van der Waals surface area contributed by atoms with Crippen molar-refractivity contribution in [3.8, 4) is 11.3 Å². The molecule has 2 heterocycles. The maximum absolute atomic E-state index is 5.92. The fraction of sp³-hybridized carbons (Fsp3) is 0.278. The normalized spacial score (nSPS) is 11.1. The second-order valence-corrected chi connectivity index (χ2v) is 6.54. The van der Waals surface area contributed by atoms with E-state index >= 15 is 0 Å². The standard InChI is InChI=1S/C18H21BrN6O.HI/c1-3-20-18(22-11-17-23-12-24-25(17)2)21-10-15-8-9-16(26-15)13-4-6-14(19)7-5-13;/h4-9,12H,3,10-11H2,1-2H3,(H2,20,21,22);1H. The van der Waals surface area contributed by atoms with E-state index in [0.29, 0.717) is 19.0 Å². The summed E-state index contributed by atoms with van der Waals surface area (Å²) in [5, 5.41) is 10.5. The number of aliphatic imine (C=N–C) groups is 1. The summed E-state index contributed by atoms with van der Waals surface area (Å²) in [4.78, 5) is 8.71. The van der Waals surface area contributed by atoms with E-state index in [1.165, 1.54) is 6.33 Å². The quantitative estimate of drug-likeness (QED) is 0.281. The van der Waals surface area contributed by atoms with E-state index < -0.39 is 0 Å². The van der Waals surface area contributed by atoms with Crippen molar-refractivity contribution in [2.45, 2.75) is 20.0 Å². The molecule has 0 bridgehead atoms. The summed E-state index contributed by atoms with van der Waals surface area (Å²) in [6.45, 7) is 3.79. The van der Waals surface area contributed by atoms with Crippen LogP contribution < -0.4 is 10.6 Å². The Bertz CT molecular complexity index is 874. The minimum Gasteiger partial charge on any atom is -0.459 e. The molecule has 27 heavy (non-hydrogen) atoms. The molecule has 0 unspecified atom stereocenters. The van der Waals surface area contributed by atoms with Crippen LogP contribution in [0.1, 0.15) is 18.5 Å². The van der Waals surface area contributed by atoms with E-state index in [1.807, 2.05) is 50.4 Å². The monoisotopic (exact) mass is 544 g/mol. The summed E-state index contributed by atoms with van der Waals surface area (Å²) >= 11 is 3.44. The zero-order chi connectivity index (χ0) is 18.4. The molecule has 0 amide bonds. The van der Waals surface area contributed by atoms with Gasteiger partial charge in [0.25, 0.3) is 0 Å². The van der Waals surface area contributed by atoms with Crippen LogP contribution in [0.4, 0.5) is 0 Å². The molecule has 9 heteroatoms. The number of rotatable bonds is 6. The number of nitrogens with one attached hydrogen (secondary N) is 2. The van der Waals surface area contributed by atoms with Gasteiger partial charge in [-0.05, 0) is 31.2 Å². The zero-order valence-corrected chi connectivity index (χ0v) is 19.1. The van der Waals surface area contributed by atoms with Crippen molar-refractivity contribution < 1.29 is 4.42 Å². The Kier molecular flexibility index (Phi) is 8.29. The lowest BCUT2D eigenvalue weighted by atomic mass is 10.2. The predicted octanol–water partition coefficient (Wildman–Crippen LogP) is 3.71. The lowest BCUT2D eigenvalue weighted by molar-refractivity contribution is 0.513. The van der Waals surface area contributed by atoms with Crippen LogP contribution in [0.2, 0.25) is 0 Å². The van der Waals surface area contributed by atoms with Gasteiger partial charge in [-0.25, -0.2) is 9.98 Å². The minimum atomic E-state index is 0. The maximum Gasteiger partial charge on any atom is 0.192 e. The largest absolute Gasteiger partial charge is 0.459 e. The smallest absolute Gasteiger partial charge is 0.192 e. The van der Waals surface area contributed by atoms with Crippen LogP contribution >= 0.6 is 39.9 Å². The first-order valence-electron chi connectivity index (χ1n) is 8.35. The highest BCUT2D eigenvalue weighted by molar-refractivity contribution is 14.0. The number of benzene rings is 1. The Morgan fingerprint density at radius 2 is 1.96 bits per heavy atom. The first-order chi connectivity index (χ1) is 12.7. The summed E-state index contributed by atoms with van der Waals surface area (Å²) in [7, 11) is 1.85. The van der Waals surface area contributed by atoms with E-state index in [0.717, 1.165) is 33.9 Å². The summed E-state index contributed by atoms with van der Waals surface area (Å²) in [5.41, 5.74) is 1.04. The lowest BCUT2D eigenvalue weighted by Gasteiger charge is -2.10. The number of halogens is 2. The first-order valence-corrected chi connectivity index (χ1v) is 9.14. The molecule has 0 atom stereocenters. The van der Waals surface area contributed by atoms with Gasteiger partial charge >= 0.3 is 0 Å². The molecule has 2 aromatic heterocycles. The van der Waals surface area contributed by atoms with Gasteiger partial charge < -0.3 is 15.1 Å². The Morgan fingerprint density at radius 3 is 2.63 bits per heavy atom. The Balaban J connectivity index is 0.00000261. The van der Waals surface area contributed by atoms with Crippen molar-refractivity contribution in [3.63, 3.8) is 0 Å². The van der Waals surface area contributed by atoms with Gasteiger partial charge in [-0.3, -0.25) is 4.68 Å². The molecule has 0 aliphatic carbocycles.